The molecule has 2 aromatic rings. The maximum absolute atomic E-state index is 10.1. The summed E-state index contributed by atoms with van der Waals surface area (Å²) >= 11 is 0. The number of rotatable bonds is 1. The minimum absolute atomic E-state index is 0.116. The highest BCUT2D eigenvalue weighted by atomic mass is 16.5. The molecule has 0 bridgehead atoms. The molecule has 0 fully saturated rings. The highest BCUT2D eigenvalue weighted by molar-refractivity contribution is 5.70. The van der Waals surface area contributed by atoms with Crippen molar-refractivity contribution in [1.82, 2.24) is 0 Å². The summed E-state index contributed by atoms with van der Waals surface area (Å²) in [6, 6.07) is 6.45. The molecule has 3 rings (SSSR count). The van der Waals surface area contributed by atoms with E-state index in [0.29, 0.717) is 5.56 Å². The summed E-state index contributed by atoms with van der Waals surface area (Å²) in [5.41, 5.74) is 0.581. The number of aliphatic hydroxyl groups is 1. The van der Waals surface area contributed by atoms with Crippen LogP contribution in [-0.4, -0.2) is 25.5 Å². The van der Waals surface area contributed by atoms with Gasteiger partial charge in [0.25, 0.3) is 0 Å². The Bertz CT molecular complexity index is 750. The van der Waals surface area contributed by atoms with Crippen LogP contribution in [0.4, 0.5) is 0 Å². The molecule has 0 aromatic heterocycles. The third-order valence-electron chi connectivity index (χ3n) is 3.19. The zero-order chi connectivity index (χ0) is 15.1. The van der Waals surface area contributed by atoms with Gasteiger partial charge in [-0.1, -0.05) is 0 Å². The summed E-state index contributed by atoms with van der Waals surface area (Å²) in [5.74, 6) is -0.725. The minimum atomic E-state index is -1.12. The fourth-order valence-electron chi connectivity index (χ4n) is 2.19. The molecule has 0 saturated carbocycles. The van der Waals surface area contributed by atoms with Crippen LogP contribution in [0.15, 0.2) is 36.4 Å². The molecule has 1 heterocycles. The van der Waals surface area contributed by atoms with E-state index in [1.807, 2.05) is 0 Å². The van der Waals surface area contributed by atoms with Crippen LogP contribution >= 0.6 is 0 Å². The van der Waals surface area contributed by atoms with E-state index in [2.05, 4.69) is 0 Å². The standard InChI is InChI=1S/C15H12O6/c16-8-4-11(19)15-12(20)6-13(21-14(15)5-8)7-1-2-9(17)10(18)3-7/h1-6,12,16-20H. The Morgan fingerprint density at radius 2 is 1.62 bits per heavy atom. The lowest BCUT2D eigenvalue weighted by molar-refractivity contribution is 0.211. The van der Waals surface area contributed by atoms with E-state index in [4.69, 9.17) is 4.74 Å². The summed E-state index contributed by atoms with van der Waals surface area (Å²) in [6.45, 7) is 0. The fraction of sp³-hybridized carbons (Fsp3) is 0.0667. The Morgan fingerprint density at radius 1 is 0.857 bits per heavy atom. The van der Waals surface area contributed by atoms with E-state index in [0.717, 1.165) is 6.07 Å². The van der Waals surface area contributed by atoms with E-state index in [1.54, 1.807) is 0 Å². The zero-order valence-electron chi connectivity index (χ0n) is 10.7. The van der Waals surface area contributed by atoms with Crippen LogP contribution in [0, 0.1) is 0 Å². The number of fused-ring (bicyclic) bond motifs is 1. The number of hydrogen-bond acceptors (Lipinski definition) is 6. The Kier molecular flexibility index (Phi) is 2.88. The molecule has 1 aliphatic rings. The average molecular weight is 288 g/mol. The molecular weight excluding hydrogens is 276 g/mol. The third-order valence-corrected chi connectivity index (χ3v) is 3.19. The van der Waals surface area contributed by atoms with Gasteiger partial charge in [-0.15, -0.1) is 0 Å². The van der Waals surface area contributed by atoms with Gasteiger partial charge in [0.15, 0.2) is 11.5 Å². The van der Waals surface area contributed by atoms with Crippen molar-refractivity contribution in [3.63, 3.8) is 0 Å². The Morgan fingerprint density at radius 3 is 2.33 bits per heavy atom. The molecule has 2 aromatic carbocycles. The van der Waals surface area contributed by atoms with E-state index in [-0.39, 0.29) is 40.1 Å². The first kappa shape index (κ1) is 13.1. The minimum Gasteiger partial charge on any atom is -0.508 e. The number of ether oxygens (including phenoxy) is 1. The smallest absolute Gasteiger partial charge is 0.158 e. The van der Waals surface area contributed by atoms with Crippen LogP contribution in [0.25, 0.3) is 5.76 Å². The Hall–Kier alpha value is -2.86. The van der Waals surface area contributed by atoms with Gasteiger partial charge in [0.1, 0.15) is 29.1 Å². The number of hydrogen-bond donors (Lipinski definition) is 5. The number of benzene rings is 2. The van der Waals surface area contributed by atoms with E-state index in [1.165, 1.54) is 30.3 Å². The van der Waals surface area contributed by atoms with Crippen molar-refractivity contribution in [1.29, 1.82) is 0 Å². The summed E-state index contributed by atoms with van der Waals surface area (Å²) in [4.78, 5) is 0. The van der Waals surface area contributed by atoms with Gasteiger partial charge in [-0.3, -0.25) is 0 Å². The zero-order valence-corrected chi connectivity index (χ0v) is 10.7. The topological polar surface area (TPSA) is 110 Å². The van der Waals surface area contributed by atoms with Crippen LogP contribution in [-0.2, 0) is 0 Å². The van der Waals surface area contributed by atoms with E-state index >= 15 is 0 Å². The molecule has 6 heteroatoms. The molecule has 1 unspecified atom stereocenters. The maximum atomic E-state index is 10.1. The summed E-state index contributed by atoms with van der Waals surface area (Å²) in [7, 11) is 0. The molecule has 1 aliphatic heterocycles. The monoisotopic (exact) mass is 288 g/mol. The first-order chi connectivity index (χ1) is 9.95. The highest BCUT2D eigenvalue weighted by Crippen LogP contribution is 2.44. The summed E-state index contributed by atoms with van der Waals surface area (Å²) in [6.07, 6.45) is 0.227. The molecule has 0 radical (unpaired) electrons. The van der Waals surface area contributed by atoms with Gasteiger partial charge in [0.05, 0.1) is 5.56 Å². The molecule has 1 atom stereocenters. The Labute approximate surface area is 119 Å². The van der Waals surface area contributed by atoms with Crippen LogP contribution in [0.5, 0.6) is 28.7 Å². The predicted molar refractivity (Wildman–Crippen MR) is 73.1 cm³/mol. The van der Waals surface area contributed by atoms with Gasteiger partial charge in [0, 0.05) is 17.7 Å². The van der Waals surface area contributed by atoms with Crippen LogP contribution < -0.4 is 4.74 Å². The van der Waals surface area contributed by atoms with Gasteiger partial charge < -0.3 is 30.3 Å². The van der Waals surface area contributed by atoms with Crippen molar-refractivity contribution < 1.29 is 30.3 Å². The number of phenolic OH excluding ortho intramolecular Hbond substituents is 4. The van der Waals surface area contributed by atoms with Gasteiger partial charge in [-0.25, -0.2) is 0 Å². The molecule has 0 spiro atoms. The lowest BCUT2D eigenvalue weighted by Gasteiger charge is -2.23. The van der Waals surface area contributed by atoms with Crippen molar-refractivity contribution in [2.24, 2.45) is 0 Å². The predicted octanol–water partition coefficient (Wildman–Crippen LogP) is 1.98. The maximum Gasteiger partial charge on any atom is 0.158 e. The van der Waals surface area contributed by atoms with Gasteiger partial charge >= 0.3 is 0 Å². The molecule has 21 heavy (non-hydrogen) atoms. The first-order valence-electron chi connectivity index (χ1n) is 6.11. The highest BCUT2D eigenvalue weighted by Gasteiger charge is 2.25. The second-order valence-corrected chi connectivity index (χ2v) is 4.66. The molecule has 108 valence electrons. The average Bonchev–Trinajstić information content (AvgIpc) is 2.40. The van der Waals surface area contributed by atoms with Crippen LogP contribution in [0.3, 0.4) is 0 Å². The summed E-state index contributed by atoms with van der Waals surface area (Å²) < 4.78 is 5.53. The number of aromatic hydroxyl groups is 4. The lowest BCUT2D eigenvalue weighted by atomic mass is 10.0. The molecular formula is C15H12O6. The van der Waals surface area contributed by atoms with Crippen molar-refractivity contribution in [3.8, 4) is 28.7 Å². The molecule has 5 N–H and O–H groups in total. The van der Waals surface area contributed by atoms with Gasteiger partial charge in [0.2, 0.25) is 0 Å². The number of aliphatic hydroxyl groups excluding tert-OH is 1. The quantitative estimate of drug-likeness (QED) is 0.513. The van der Waals surface area contributed by atoms with Crippen molar-refractivity contribution in [2.45, 2.75) is 6.10 Å². The van der Waals surface area contributed by atoms with Crippen molar-refractivity contribution >= 4 is 5.76 Å². The normalized spacial score (nSPS) is 16.8. The summed E-state index contributed by atoms with van der Waals surface area (Å²) in [5, 5.41) is 48.1. The van der Waals surface area contributed by atoms with Gasteiger partial charge in [-0.05, 0) is 24.3 Å². The third kappa shape index (κ3) is 2.21. The van der Waals surface area contributed by atoms with Crippen LogP contribution in [0.2, 0.25) is 0 Å². The lowest BCUT2D eigenvalue weighted by Crippen LogP contribution is -2.08. The molecule has 0 saturated heterocycles. The fourth-order valence-corrected chi connectivity index (χ4v) is 2.19. The largest absolute Gasteiger partial charge is 0.508 e. The van der Waals surface area contributed by atoms with Crippen molar-refractivity contribution in [3.05, 3.63) is 47.5 Å². The second kappa shape index (κ2) is 4.60. The van der Waals surface area contributed by atoms with E-state index < -0.39 is 6.10 Å². The second-order valence-electron chi connectivity index (χ2n) is 4.66. The van der Waals surface area contributed by atoms with Gasteiger partial charge in [-0.2, -0.15) is 0 Å². The SMILES string of the molecule is Oc1cc(O)c2c(c1)OC(c1ccc(O)c(O)c1)=CC2O. The van der Waals surface area contributed by atoms with Crippen LogP contribution in [0.1, 0.15) is 17.2 Å². The van der Waals surface area contributed by atoms with E-state index in [9.17, 15) is 25.5 Å². The molecule has 0 aliphatic carbocycles. The Balaban J connectivity index is 2.06. The molecule has 6 nitrogen and oxygen atoms in total. The van der Waals surface area contributed by atoms with Crippen molar-refractivity contribution in [2.75, 3.05) is 0 Å². The molecule has 0 amide bonds. The number of phenols is 4. The first-order valence-corrected chi connectivity index (χ1v) is 6.11.